The molecule has 0 bridgehead atoms. The Morgan fingerprint density at radius 2 is 1.56 bits per heavy atom. The molecule has 0 radical (unpaired) electrons. The lowest BCUT2D eigenvalue weighted by molar-refractivity contribution is -0.150. The van der Waals surface area contributed by atoms with E-state index in [2.05, 4.69) is 6.92 Å². The topological polar surface area (TPSA) is 97.4 Å². The van der Waals surface area contributed by atoms with Gasteiger partial charge in [-0.3, -0.25) is 8.98 Å². The molecule has 0 aromatic carbocycles. The van der Waals surface area contributed by atoms with Crippen molar-refractivity contribution in [3.8, 4) is 0 Å². The Kier molecular flexibility index (Phi) is 11.5. The Labute approximate surface area is 218 Å². The number of carbonyl (C=O) groups excluding carboxylic acids is 1. The molecule has 0 saturated carbocycles. The van der Waals surface area contributed by atoms with Crippen LogP contribution in [-0.2, 0) is 38.0 Å². The first-order valence-corrected chi connectivity index (χ1v) is 16.0. The van der Waals surface area contributed by atoms with Crippen molar-refractivity contribution in [3.63, 3.8) is 0 Å². The summed E-state index contributed by atoms with van der Waals surface area (Å²) in [4.78, 5) is 11.5. The third-order valence-corrected chi connectivity index (χ3v) is 8.09. The smallest absolute Gasteiger partial charge is 0.306 e. The molecule has 0 N–H and O–H groups in total. The molecular weight excluding hydrogens is 484 g/mol. The van der Waals surface area contributed by atoms with E-state index in [1.807, 2.05) is 13.8 Å². The van der Waals surface area contributed by atoms with E-state index < -0.39 is 22.0 Å². The van der Waals surface area contributed by atoms with Gasteiger partial charge in [-0.25, -0.2) is 0 Å². The van der Waals surface area contributed by atoms with Crippen molar-refractivity contribution in [2.45, 2.75) is 159 Å². The molecule has 3 aliphatic rings. The summed E-state index contributed by atoms with van der Waals surface area (Å²) in [5.41, 5.74) is 0. The third-order valence-electron chi connectivity index (χ3n) is 7.49. The zero-order valence-corrected chi connectivity index (χ0v) is 23.6. The highest BCUT2D eigenvalue weighted by Gasteiger charge is 2.44. The van der Waals surface area contributed by atoms with Crippen LogP contribution >= 0.6 is 0 Å². The van der Waals surface area contributed by atoms with E-state index in [4.69, 9.17) is 23.1 Å². The molecule has 3 fully saturated rings. The second kappa shape index (κ2) is 13.9. The molecule has 6 atom stereocenters. The third kappa shape index (κ3) is 9.86. The van der Waals surface area contributed by atoms with Gasteiger partial charge in [0, 0.05) is 6.42 Å². The van der Waals surface area contributed by atoms with Crippen molar-refractivity contribution in [1.82, 2.24) is 0 Å². The van der Waals surface area contributed by atoms with Gasteiger partial charge in [0.05, 0.1) is 30.7 Å². The lowest BCUT2D eigenvalue weighted by Gasteiger charge is -2.26. The van der Waals surface area contributed by atoms with E-state index in [0.717, 1.165) is 25.5 Å². The molecule has 36 heavy (non-hydrogen) atoms. The summed E-state index contributed by atoms with van der Waals surface area (Å²) < 4.78 is 53.5. The van der Waals surface area contributed by atoms with Gasteiger partial charge in [-0.15, -0.1) is 0 Å². The average molecular weight is 533 g/mol. The van der Waals surface area contributed by atoms with E-state index in [-0.39, 0.29) is 36.5 Å². The van der Waals surface area contributed by atoms with Crippen LogP contribution in [0.25, 0.3) is 0 Å². The molecule has 0 amide bonds. The zero-order valence-electron chi connectivity index (χ0n) is 22.7. The molecule has 3 rings (SSSR count). The Morgan fingerprint density at radius 3 is 2.17 bits per heavy atom. The Bertz CT molecular complexity index is 783. The largest absolute Gasteiger partial charge is 0.460 e. The van der Waals surface area contributed by atoms with Crippen molar-refractivity contribution in [1.29, 1.82) is 0 Å². The summed E-state index contributed by atoms with van der Waals surface area (Å²) >= 11 is 0. The van der Waals surface area contributed by atoms with Crippen LogP contribution in [0.4, 0.5) is 0 Å². The number of cyclic esters (lactones) is 1. The molecule has 9 heteroatoms. The predicted octanol–water partition coefficient (Wildman–Crippen LogP) is 5.42. The van der Waals surface area contributed by atoms with Crippen LogP contribution in [0.15, 0.2) is 0 Å². The summed E-state index contributed by atoms with van der Waals surface area (Å²) in [5.74, 6) is -0.844. The minimum absolute atomic E-state index is 0.00544. The molecular formula is C27H48O8S. The first-order chi connectivity index (χ1) is 17.1. The van der Waals surface area contributed by atoms with Gasteiger partial charge >= 0.3 is 5.97 Å². The summed E-state index contributed by atoms with van der Waals surface area (Å²) in [6, 6.07) is 0. The lowest BCUT2D eigenvalue weighted by atomic mass is 9.97. The van der Waals surface area contributed by atoms with E-state index in [9.17, 15) is 13.2 Å². The fourth-order valence-corrected chi connectivity index (χ4v) is 6.44. The zero-order chi connectivity index (χ0) is 26.2. The number of unbranched alkanes of at least 4 members (excludes halogenated alkanes) is 7. The van der Waals surface area contributed by atoms with Crippen LogP contribution in [-0.4, -0.2) is 63.1 Å². The average Bonchev–Trinajstić information content (AvgIpc) is 3.51. The van der Waals surface area contributed by atoms with Crippen LogP contribution < -0.4 is 0 Å². The molecule has 8 nitrogen and oxygen atoms in total. The fraction of sp³-hybridized carbons (Fsp3) is 0.963. The van der Waals surface area contributed by atoms with Gasteiger partial charge < -0.3 is 18.9 Å². The standard InChI is InChI=1S/C27H48O8S/c1-5-6-7-8-9-10-11-12-13-23-24(34-27(2,3)33-23)16-17-25(35-36(4,29)30)22-15-14-20(31-22)21-18-19-26(28)32-21/h20-25H,5-19H2,1-4H3/t20-,21+,22-,23-,24+,25-/m0/s1. The van der Waals surface area contributed by atoms with Crippen molar-refractivity contribution in [2.75, 3.05) is 6.26 Å². The molecule has 0 aromatic heterocycles. The van der Waals surface area contributed by atoms with Crippen LogP contribution in [0.5, 0.6) is 0 Å². The highest BCUT2D eigenvalue weighted by Crippen LogP contribution is 2.36. The van der Waals surface area contributed by atoms with E-state index in [1.165, 1.54) is 44.9 Å². The van der Waals surface area contributed by atoms with E-state index >= 15 is 0 Å². The van der Waals surface area contributed by atoms with Crippen molar-refractivity contribution >= 4 is 16.1 Å². The molecule has 0 unspecified atom stereocenters. The molecule has 3 saturated heterocycles. The van der Waals surface area contributed by atoms with Gasteiger partial charge in [0.25, 0.3) is 10.1 Å². The number of rotatable bonds is 16. The minimum Gasteiger partial charge on any atom is -0.460 e. The summed E-state index contributed by atoms with van der Waals surface area (Å²) in [7, 11) is -3.65. The van der Waals surface area contributed by atoms with E-state index in [0.29, 0.717) is 32.1 Å². The van der Waals surface area contributed by atoms with E-state index in [1.54, 1.807) is 0 Å². The summed E-state index contributed by atoms with van der Waals surface area (Å²) in [6.07, 6.45) is 14.2. The Morgan fingerprint density at radius 1 is 0.917 bits per heavy atom. The molecule has 3 aliphatic heterocycles. The first-order valence-electron chi connectivity index (χ1n) is 14.1. The number of hydrogen-bond acceptors (Lipinski definition) is 8. The number of ether oxygens (including phenoxy) is 4. The maximum Gasteiger partial charge on any atom is 0.306 e. The normalized spacial score (nSPS) is 31.1. The molecule has 0 aromatic rings. The van der Waals surface area contributed by atoms with Gasteiger partial charge in [0.15, 0.2) is 5.79 Å². The second-order valence-electron chi connectivity index (χ2n) is 11.2. The molecule has 0 spiro atoms. The molecule has 210 valence electrons. The van der Waals surface area contributed by atoms with Gasteiger partial charge in [-0.1, -0.05) is 58.3 Å². The van der Waals surface area contributed by atoms with Gasteiger partial charge in [-0.2, -0.15) is 8.42 Å². The van der Waals surface area contributed by atoms with Crippen molar-refractivity contribution in [3.05, 3.63) is 0 Å². The highest BCUT2D eigenvalue weighted by atomic mass is 32.2. The minimum atomic E-state index is -3.65. The molecule has 3 heterocycles. The van der Waals surface area contributed by atoms with Crippen LogP contribution in [0.1, 0.15) is 117 Å². The number of hydrogen-bond donors (Lipinski definition) is 0. The predicted molar refractivity (Wildman–Crippen MR) is 137 cm³/mol. The van der Waals surface area contributed by atoms with Crippen LogP contribution in [0.2, 0.25) is 0 Å². The van der Waals surface area contributed by atoms with Gasteiger partial charge in [0.1, 0.15) is 12.2 Å². The Balaban J connectivity index is 1.49. The van der Waals surface area contributed by atoms with Crippen LogP contribution in [0, 0.1) is 0 Å². The highest BCUT2D eigenvalue weighted by molar-refractivity contribution is 7.86. The quantitative estimate of drug-likeness (QED) is 0.148. The monoisotopic (exact) mass is 532 g/mol. The summed E-state index contributed by atoms with van der Waals surface area (Å²) in [6.45, 7) is 6.11. The number of esters is 1. The first kappa shape index (κ1) is 29.8. The SMILES string of the molecule is CCCCCCCCCC[C@@H]1OC(C)(C)O[C@@H]1CC[C@H](OS(C)(=O)=O)[C@@H]1CC[C@@H]([C@H]2CCC(=O)O2)O1. The van der Waals surface area contributed by atoms with Crippen molar-refractivity contribution in [2.24, 2.45) is 0 Å². The Hall–Kier alpha value is -0.740. The van der Waals surface area contributed by atoms with Gasteiger partial charge in [0.2, 0.25) is 0 Å². The fourth-order valence-electron chi connectivity index (χ4n) is 5.77. The lowest BCUT2D eigenvalue weighted by Crippen LogP contribution is -2.35. The van der Waals surface area contributed by atoms with Gasteiger partial charge in [-0.05, 0) is 52.4 Å². The van der Waals surface area contributed by atoms with Crippen molar-refractivity contribution < 1.29 is 36.3 Å². The maximum atomic E-state index is 12.0. The second-order valence-corrected chi connectivity index (χ2v) is 12.9. The number of carbonyl (C=O) groups is 1. The molecule has 0 aliphatic carbocycles. The van der Waals surface area contributed by atoms with Crippen LogP contribution in [0.3, 0.4) is 0 Å². The maximum absolute atomic E-state index is 12.0. The summed E-state index contributed by atoms with van der Waals surface area (Å²) in [5, 5.41) is 0.